The molecule has 6 heteroatoms. The molecular weight excluding hydrogens is 280 g/mol. The van der Waals surface area contributed by atoms with Gasteiger partial charge in [-0.15, -0.1) is 0 Å². The molecule has 1 N–H and O–H groups in total. The number of aliphatic imine (C=N–C) groups is 1. The molecule has 0 unspecified atom stereocenters. The average Bonchev–Trinajstić information content (AvgIpc) is 2.42. The molecule has 108 valence electrons. The summed E-state index contributed by atoms with van der Waals surface area (Å²) >= 11 is 1.45. The first-order valence-electron chi connectivity index (χ1n) is 6.51. The lowest BCUT2D eigenvalue weighted by atomic mass is 10.1. The van der Waals surface area contributed by atoms with E-state index in [9.17, 15) is 8.78 Å². The smallest absolute Gasteiger partial charge is 0.177 e. The van der Waals surface area contributed by atoms with Crippen molar-refractivity contribution in [3.8, 4) is 0 Å². The Morgan fingerprint density at radius 2 is 2.20 bits per heavy atom. The number of hydrazone groups is 1. The minimum atomic E-state index is -0.467. The predicted molar refractivity (Wildman–Crippen MR) is 80.2 cm³/mol. The van der Waals surface area contributed by atoms with Crippen LogP contribution in [0.2, 0.25) is 0 Å². The SMILES string of the molecule is CC(C)CCN=C1NN=C(c2cc(F)ccc2F)CS1. The Bertz CT molecular complexity index is 541. The van der Waals surface area contributed by atoms with Gasteiger partial charge in [0.15, 0.2) is 5.17 Å². The van der Waals surface area contributed by atoms with Crippen LogP contribution < -0.4 is 5.43 Å². The molecule has 0 fully saturated rings. The van der Waals surface area contributed by atoms with Crippen LogP contribution in [-0.4, -0.2) is 23.2 Å². The molecule has 1 aromatic carbocycles. The van der Waals surface area contributed by atoms with E-state index in [1.165, 1.54) is 11.8 Å². The second kappa shape index (κ2) is 6.83. The summed E-state index contributed by atoms with van der Waals surface area (Å²) in [5.41, 5.74) is 3.50. The number of nitrogens with one attached hydrogen (secondary N) is 1. The van der Waals surface area contributed by atoms with Gasteiger partial charge >= 0.3 is 0 Å². The fraction of sp³-hybridized carbons (Fsp3) is 0.429. The van der Waals surface area contributed by atoms with Crippen molar-refractivity contribution in [2.75, 3.05) is 12.3 Å². The van der Waals surface area contributed by atoms with Gasteiger partial charge in [0.05, 0.1) is 5.71 Å². The highest BCUT2D eigenvalue weighted by Crippen LogP contribution is 2.17. The Morgan fingerprint density at radius 3 is 2.85 bits per heavy atom. The maximum Gasteiger partial charge on any atom is 0.177 e. The molecule has 20 heavy (non-hydrogen) atoms. The second-order valence-corrected chi connectivity index (χ2v) is 5.92. The summed E-state index contributed by atoms with van der Waals surface area (Å²) in [7, 11) is 0. The molecule has 1 aliphatic rings. The van der Waals surface area contributed by atoms with Crippen LogP contribution in [0.5, 0.6) is 0 Å². The highest BCUT2D eigenvalue weighted by Gasteiger charge is 2.16. The van der Waals surface area contributed by atoms with Crippen LogP contribution in [0.25, 0.3) is 0 Å². The summed E-state index contributed by atoms with van der Waals surface area (Å²) in [4.78, 5) is 4.39. The first-order valence-corrected chi connectivity index (χ1v) is 7.50. The second-order valence-electron chi connectivity index (χ2n) is 4.95. The molecule has 1 aromatic rings. The molecule has 0 saturated carbocycles. The summed E-state index contributed by atoms with van der Waals surface area (Å²) in [5, 5.41) is 4.82. The standard InChI is InChI=1S/C14H17F2N3S/c1-9(2)5-6-17-14-19-18-13(8-20-14)11-7-10(15)3-4-12(11)16/h3-4,7,9H,5-6,8H2,1-2H3,(H,17,19). The van der Waals surface area contributed by atoms with Gasteiger partial charge < -0.3 is 0 Å². The van der Waals surface area contributed by atoms with E-state index >= 15 is 0 Å². The van der Waals surface area contributed by atoms with Crippen molar-refractivity contribution in [1.29, 1.82) is 0 Å². The van der Waals surface area contributed by atoms with Gasteiger partial charge in [0.25, 0.3) is 0 Å². The normalized spacial score (nSPS) is 17.2. The van der Waals surface area contributed by atoms with Gasteiger partial charge in [-0.2, -0.15) is 5.10 Å². The summed E-state index contributed by atoms with van der Waals surface area (Å²) in [5.74, 6) is 0.153. The van der Waals surface area contributed by atoms with E-state index in [0.29, 0.717) is 17.4 Å². The third-order valence-electron chi connectivity index (χ3n) is 2.83. The molecule has 0 saturated heterocycles. The lowest BCUT2D eigenvalue weighted by Crippen LogP contribution is -2.26. The largest absolute Gasteiger partial charge is 0.261 e. The maximum absolute atomic E-state index is 13.6. The van der Waals surface area contributed by atoms with Gasteiger partial charge in [-0.1, -0.05) is 25.6 Å². The minimum absolute atomic E-state index is 0.200. The lowest BCUT2D eigenvalue weighted by molar-refractivity contribution is 0.596. The molecular formula is C14H17F2N3S. The summed E-state index contributed by atoms with van der Waals surface area (Å²) in [6.07, 6.45) is 1.01. The number of halogens is 2. The Kier molecular flexibility index (Phi) is 5.11. The van der Waals surface area contributed by atoms with Gasteiger partial charge in [0, 0.05) is 17.9 Å². The van der Waals surface area contributed by atoms with E-state index in [4.69, 9.17) is 0 Å². The number of amidine groups is 1. The van der Waals surface area contributed by atoms with Gasteiger partial charge in [-0.05, 0) is 30.5 Å². The van der Waals surface area contributed by atoms with Crippen molar-refractivity contribution >= 4 is 22.6 Å². The van der Waals surface area contributed by atoms with Crippen LogP contribution in [0.3, 0.4) is 0 Å². The number of nitrogens with zero attached hydrogens (tertiary/aromatic N) is 2. The molecule has 1 heterocycles. The van der Waals surface area contributed by atoms with E-state index in [1.807, 2.05) is 0 Å². The van der Waals surface area contributed by atoms with Crippen molar-refractivity contribution in [3.63, 3.8) is 0 Å². The lowest BCUT2D eigenvalue weighted by Gasteiger charge is -2.15. The van der Waals surface area contributed by atoms with Gasteiger partial charge in [0.2, 0.25) is 0 Å². The van der Waals surface area contributed by atoms with E-state index in [0.717, 1.165) is 36.3 Å². The van der Waals surface area contributed by atoms with Crippen LogP contribution in [0, 0.1) is 17.6 Å². The molecule has 0 atom stereocenters. The molecule has 0 radical (unpaired) electrons. The van der Waals surface area contributed by atoms with Gasteiger partial charge in [-0.3, -0.25) is 10.4 Å². The summed E-state index contributed by atoms with van der Waals surface area (Å²) < 4.78 is 26.8. The van der Waals surface area contributed by atoms with Crippen molar-refractivity contribution in [2.45, 2.75) is 20.3 Å². The molecule has 0 bridgehead atoms. The zero-order valence-electron chi connectivity index (χ0n) is 11.5. The zero-order chi connectivity index (χ0) is 14.5. The number of hydrogen-bond acceptors (Lipinski definition) is 3. The monoisotopic (exact) mass is 297 g/mol. The maximum atomic E-state index is 13.6. The zero-order valence-corrected chi connectivity index (χ0v) is 12.3. The van der Waals surface area contributed by atoms with E-state index in [1.54, 1.807) is 0 Å². The first kappa shape index (κ1) is 15.0. The van der Waals surface area contributed by atoms with Crippen molar-refractivity contribution in [1.82, 2.24) is 5.43 Å². The Hall–Kier alpha value is -1.43. The molecule has 0 amide bonds. The number of hydrogen-bond donors (Lipinski definition) is 1. The van der Waals surface area contributed by atoms with Crippen LogP contribution >= 0.6 is 11.8 Å². The Balaban J connectivity index is 2.04. The first-order chi connectivity index (χ1) is 9.56. The molecule has 0 spiro atoms. The number of rotatable bonds is 4. The molecule has 0 aromatic heterocycles. The van der Waals surface area contributed by atoms with Crippen LogP contribution in [0.4, 0.5) is 8.78 Å². The fourth-order valence-electron chi connectivity index (χ4n) is 1.68. The summed E-state index contributed by atoms with van der Waals surface area (Å²) in [6.45, 7) is 5.03. The van der Waals surface area contributed by atoms with Gasteiger partial charge in [0.1, 0.15) is 11.6 Å². The van der Waals surface area contributed by atoms with Crippen molar-refractivity contribution in [2.24, 2.45) is 16.0 Å². The Morgan fingerprint density at radius 1 is 1.40 bits per heavy atom. The molecule has 1 aliphatic heterocycles. The quantitative estimate of drug-likeness (QED) is 0.924. The topological polar surface area (TPSA) is 36.8 Å². The molecule has 2 rings (SSSR count). The average molecular weight is 297 g/mol. The fourth-order valence-corrected chi connectivity index (χ4v) is 2.46. The molecule has 3 nitrogen and oxygen atoms in total. The van der Waals surface area contributed by atoms with Gasteiger partial charge in [-0.25, -0.2) is 8.78 Å². The Labute approximate surface area is 121 Å². The predicted octanol–water partition coefficient (Wildman–Crippen LogP) is 3.41. The van der Waals surface area contributed by atoms with Crippen LogP contribution in [-0.2, 0) is 0 Å². The highest BCUT2D eigenvalue weighted by atomic mass is 32.2. The molecule has 0 aliphatic carbocycles. The third kappa shape index (κ3) is 4.03. The van der Waals surface area contributed by atoms with Crippen LogP contribution in [0.1, 0.15) is 25.8 Å². The third-order valence-corrected chi connectivity index (χ3v) is 3.74. The van der Waals surface area contributed by atoms with Crippen molar-refractivity contribution in [3.05, 3.63) is 35.4 Å². The number of benzene rings is 1. The number of thioether (sulfide) groups is 1. The highest BCUT2D eigenvalue weighted by molar-refractivity contribution is 8.14. The summed E-state index contributed by atoms with van der Waals surface area (Å²) in [6, 6.07) is 3.38. The van der Waals surface area contributed by atoms with E-state index in [-0.39, 0.29) is 5.56 Å². The van der Waals surface area contributed by atoms with E-state index in [2.05, 4.69) is 29.4 Å². The van der Waals surface area contributed by atoms with E-state index < -0.39 is 11.6 Å². The minimum Gasteiger partial charge on any atom is -0.261 e. The van der Waals surface area contributed by atoms with Crippen molar-refractivity contribution < 1.29 is 8.78 Å². The van der Waals surface area contributed by atoms with Crippen LogP contribution in [0.15, 0.2) is 28.3 Å².